The lowest BCUT2D eigenvalue weighted by Crippen LogP contribution is -2.36. The Labute approximate surface area is 125 Å². The van der Waals surface area contributed by atoms with Gasteiger partial charge in [0.05, 0.1) is 18.4 Å². The lowest BCUT2D eigenvalue weighted by atomic mass is 10.0. The molecule has 10 nitrogen and oxygen atoms in total. The molecule has 3 rings (SSSR count). The molecule has 1 atom stereocenters. The molecule has 2 amide bonds. The Balaban J connectivity index is 1.99. The molecule has 0 aliphatic carbocycles. The van der Waals surface area contributed by atoms with E-state index in [-0.39, 0.29) is 18.6 Å². The summed E-state index contributed by atoms with van der Waals surface area (Å²) in [4.78, 5) is 28.7. The van der Waals surface area contributed by atoms with Crippen molar-refractivity contribution in [2.75, 3.05) is 13.1 Å². The number of carbonyl (C=O) groups excluding carboxylic acids is 1. The van der Waals surface area contributed by atoms with E-state index >= 15 is 0 Å². The Hall–Kier alpha value is -2.24. The van der Waals surface area contributed by atoms with Crippen LogP contribution in [0.15, 0.2) is 23.3 Å². The van der Waals surface area contributed by atoms with Crippen LogP contribution in [0.3, 0.4) is 0 Å². The van der Waals surface area contributed by atoms with Crippen LogP contribution in [0.25, 0.3) is 5.57 Å². The van der Waals surface area contributed by atoms with Crippen molar-refractivity contribution in [3.05, 3.63) is 34.5 Å². The zero-order chi connectivity index (χ0) is 16.1. The molecule has 0 saturated carbocycles. The van der Waals surface area contributed by atoms with Gasteiger partial charge in [-0.05, 0) is 0 Å². The average Bonchev–Trinajstić information content (AvgIpc) is 2.66. The fourth-order valence-electron chi connectivity index (χ4n) is 2.46. The maximum absolute atomic E-state index is 12.0. The lowest BCUT2D eigenvalue weighted by molar-refractivity contribution is -0.0172. The van der Waals surface area contributed by atoms with E-state index in [0.717, 1.165) is 6.20 Å². The minimum atomic E-state index is -5.07. The lowest BCUT2D eigenvalue weighted by Gasteiger charge is -2.24. The minimum Gasteiger partial charge on any atom is -0.724 e. The van der Waals surface area contributed by atoms with Gasteiger partial charge in [-0.15, -0.1) is 0 Å². The monoisotopic (exact) mass is 327 g/mol. The van der Waals surface area contributed by atoms with Crippen molar-refractivity contribution in [2.24, 2.45) is 7.05 Å². The maximum atomic E-state index is 12.0. The second kappa shape index (κ2) is 4.90. The number of aryl methyl sites for hydroxylation is 1. The summed E-state index contributed by atoms with van der Waals surface area (Å²) in [7, 11) is -3.53. The normalized spacial score (nSPS) is 21.3. The summed E-state index contributed by atoms with van der Waals surface area (Å²) in [5, 5.41) is 0.536. The van der Waals surface area contributed by atoms with E-state index in [9.17, 15) is 22.6 Å². The molecule has 1 aromatic heterocycles. The molecule has 0 spiro atoms. The molecule has 2 aliphatic rings. The summed E-state index contributed by atoms with van der Waals surface area (Å²) in [6.45, 7) is 0.401. The van der Waals surface area contributed by atoms with Crippen molar-refractivity contribution in [3.63, 3.8) is 0 Å². The fourth-order valence-corrected chi connectivity index (χ4v) is 2.82. The van der Waals surface area contributed by atoms with Crippen molar-refractivity contribution >= 4 is 22.0 Å². The molecule has 118 valence electrons. The fraction of sp³-hybridized carbons (Fsp3) is 0.364. The number of urea groups is 1. The van der Waals surface area contributed by atoms with E-state index in [1.165, 1.54) is 15.7 Å². The number of amides is 2. The van der Waals surface area contributed by atoms with E-state index in [4.69, 9.17) is 0 Å². The predicted octanol–water partition coefficient (Wildman–Crippen LogP) is -1.32. The Kier molecular flexibility index (Phi) is 3.27. The summed E-state index contributed by atoms with van der Waals surface area (Å²) in [6.07, 6.45) is 4.27. The first-order valence-corrected chi connectivity index (χ1v) is 7.56. The molecule has 1 unspecified atom stereocenters. The molecule has 0 aromatic carbocycles. The molecule has 3 heterocycles. The van der Waals surface area contributed by atoms with Crippen LogP contribution in [-0.4, -0.2) is 57.6 Å². The van der Waals surface area contributed by atoms with Crippen LogP contribution in [0.5, 0.6) is 0 Å². The van der Waals surface area contributed by atoms with Crippen molar-refractivity contribution in [1.82, 2.24) is 19.5 Å². The zero-order valence-corrected chi connectivity index (χ0v) is 12.2. The van der Waals surface area contributed by atoms with Crippen LogP contribution >= 0.6 is 0 Å². The quantitative estimate of drug-likeness (QED) is 0.497. The number of nitrogens with zero attached hydrogens (tertiary/aromatic N) is 4. The molecule has 2 aliphatic heterocycles. The molecular weight excluding hydrogens is 316 g/mol. The van der Waals surface area contributed by atoms with Gasteiger partial charge in [-0.2, -0.15) is 9.35 Å². The highest BCUT2D eigenvalue weighted by atomic mass is 32.3. The van der Waals surface area contributed by atoms with Gasteiger partial charge in [0.15, 0.2) is 0 Å². The van der Waals surface area contributed by atoms with E-state index in [1.807, 2.05) is 0 Å². The topological polar surface area (TPSA) is 125 Å². The molecule has 0 radical (unpaired) electrons. The van der Waals surface area contributed by atoms with E-state index in [2.05, 4.69) is 9.27 Å². The number of hydrogen-bond donors (Lipinski definition) is 0. The van der Waals surface area contributed by atoms with Crippen LogP contribution < -0.4 is 5.56 Å². The third-order valence-corrected chi connectivity index (χ3v) is 3.81. The summed E-state index contributed by atoms with van der Waals surface area (Å²) < 4.78 is 37.9. The van der Waals surface area contributed by atoms with Crippen LogP contribution in [0.2, 0.25) is 0 Å². The van der Waals surface area contributed by atoms with Gasteiger partial charge in [0.2, 0.25) is 10.4 Å². The number of carbonyl (C=O) groups is 1. The van der Waals surface area contributed by atoms with Gasteiger partial charge in [-0.25, -0.2) is 18.2 Å². The Morgan fingerprint density at radius 3 is 2.77 bits per heavy atom. The highest BCUT2D eigenvalue weighted by Crippen LogP contribution is 2.32. The van der Waals surface area contributed by atoms with Crippen LogP contribution in [0.1, 0.15) is 5.69 Å². The predicted molar refractivity (Wildman–Crippen MR) is 70.8 cm³/mol. The second-order valence-corrected chi connectivity index (χ2v) is 5.86. The van der Waals surface area contributed by atoms with Gasteiger partial charge in [0.1, 0.15) is 6.04 Å². The number of hydrogen-bond acceptors (Lipinski definition) is 7. The summed E-state index contributed by atoms with van der Waals surface area (Å²) in [5.41, 5.74) is 0.610. The SMILES string of the molecule is Cn1cc(C2=CCN3CC2N(OS(=O)(=O)[O-])C3=O)ncc1=O. The van der Waals surface area contributed by atoms with Gasteiger partial charge in [0.25, 0.3) is 5.56 Å². The van der Waals surface area contributed by atoms with Crippen LogP contribution in [0, 0.1) is 0 Å². The molecule has 2 bridgehead atoms. The maximum Gasteiger partial charge on any atom is 0.346 e. The molecule has 1 aromatic rings. The third kappa shape index (κ3) is 2.49. The number of rotatable bonds is 3. The standard InChI is InChI=1S/C11H12N4O6S/c1-13-5-8(12-4-10(13)16)7-2-3-14-6-9(7)15(11(14)17)21-22(18,19)20/h2,4-5,9H,3,6H2,1H3,(H,18,19,20)/p-1. The molecule has 1 saturated heterocycles. The van der Waals surface area contributed by atoms with Gasteiger partial charge in [0, 0.05) is 25.4 Å². The van der Waals surface area contributed by atoms with E-state index in [1.54, 1.807) is 13.1 Å². The summed E-state index contributed by atoms with van der Waals surface area (Å²) in [5.74, 6) is 0. The number of hydroxylamine groups is 2. The molecule has 11 heteroatoms. The van der Waals surface area contributed by atoms with Crippen molar-refractivity contribution in [3.8, 4) is 0 Å². The summed E-state index contributed by atoms with van der Waals surface area (Å²) >= 11 is 0. The largest absolute Gasteiger partial charge is 0.724 e. The average molecular weight is 327 g/mol. The van der Waals surface area contributed by atoms with Crippen molar-refractivity contribution in [2.45, 2.75) is 6.04 Å². The Bertz CT molecular complexity index is 829. The first kappa shape index (κ1) is 14.7. The first-order chi connectivity index (χ1) is 10.3. The van der Waals surface area contributed by atoms with E-state index in [0.29, 0.717) is 16.3 Å². The first-order valence-electron chi connectivity index (χ1n) is 6.23. The zero-order valence-electron chi connectivity index (χ0n) is 11.4. The highest BCUT2D eigenvalue weighted by Gasteiger charge is 2.44. The van der Waals surface area contributed by atoms with Crippen molar-refractivity contribution < 1.29 is 22.0 Å². The molecule has 0 N–H and O–H groups in total. The van der Waals surface area contributed by atoms with Crippen molar-refractivity contribution in [1.29, 1.82) is 0 Å². The number of aromatic nitrogens is 2. The van der Waals surface area contributed by atoms with Crippen LogP contribution in [0.4, 0.5) is 4.79 Å². The van der Waals surface area contributed by atoms with E-state index < -0.39 is 22.5 Å². The highest BCUT2D eigenvalue weighted by molar-refractivity contribution is 7.80. The smallest absolute Gasteiger partial charge is 0.346 e. The minimum absolute atomic E-state index is 0.171. The number of fused-ring (bicyclic) bond motifs is 2. The van der Waals surface area contributed by atoms with Crippen LogP contribution in [-0.2, 0) is 21.7 Å². The van der Waals surface area contributed by atoms with Gasteiger partial charge in [-0.3, -0.25) is 4.79 Å². The Morgan fingerprint density at radius 1 is 1.41 bits per heavy atom. The summed E-state index contributed by atoms with van der Waals surface area (Å²) in [6, 6.07) is -1.49. The molecule has 22 heavy (non-hydrogen) atoms. The Morgan fingerprint density at radius 2 is 2.14 bits per heavy atom. The van der Waals surface area contributed by atoms with Gasteiger partial charge < -0.3 is 14.0 Å². The molecule has 1 fully saturated rings. The van der Waals surface area contributed by atoms with Gasteiger partial charge >= 0.3 is 6.03 Å². The molecular formula is C11H11N4O6S-. The third-order valence-electron chi connectivity index (χ3n) is 3.47. The second-order valence-electron chi connectivity index (χ2n) is 4.89. The van der Waals surface area contributed by atoms with Gasteiger partial charge in [-0.1, -0.05) is 6.08 Å².